The first-order valence-corrected chi connectivity index (χ1v) is 7.16. The third-order valence-corrected chi connectivity index (χ3v) is 4.67. The minimum absolute atomic E-state index is 0.0838. The number of hydrogen-bond donors (Lipinski definition) is 1. The van der Waals surface area contributed by atoms with Crippen LogP contribution in [0.25, 0.3) is 0 Å². The molecule has 0 spiro atoms. The van der Waals surface area contributed by atoms with Gasteiger partial charge in [0.25, 0.3) is 0 Å². The minimum atomic E-state index is -0.0838. The number of hydrogen-bond acceptors (Lipinski definition) is 2. The lowest BCUT2D eigenvalue weighted by Crippen LogP contribution is -2.26. The molecular weight excluding hydrogens is 222 g/mol. The van der Waals surface area contributed by atoms with E-state index in [0.29, 0.717) is 5.41 Å². The maximum absolute atomic E-state index is 9.55. The molecule has 0 radical (unpaired) electrons. The van der Waals surface area contributed by atoms with E-state index < -0.39 is 0 Å². The van der Waals surface area contributed by atoms with E-state index in [0.717, 1.165) is 26.1 Å². The Labute approximate surface area is 110 Å². The lowest BCUT2D eigenvalue weighted by atomic mass is 9.91. The van der Waals surface area contributed by atoms with Crippen LogP contribution in [0.5, 0.6) is 0 Å². The van der Waals surface area contributed by atoms with Crippen molar-refractivity contribution in [3.63, 3.8) is 0 Å². The van der Waals surface area contributed by atoms with Crippen molar-refractivity contribution in [2.24, 2.45) is 0 Å². The Morgan fingerprint density at radius 1 is 1.28 bits per heavy atom. The SMILES string of the molecule is Cc1ccc(C2(CCN3CC[C@H](O)C3)CC2)cc1. The lowest BCUT2D eigenvalue weighted by Gasteiger charge is -2.21. The molecule has 1 N–H and O–H groups in total. The van der Waals surface area contributed by atoms with Gasteiger partial charge < -0.3 is 10.0 Å². The highest BCUT2D eigenvalue weighted by Crippen LogP contribution is 2.51. The van der Waals surface area contributed by atoms with Gasteiger partial charge >= 0.3 is 0 Å². The summed E-state index contributed by atoms with van der Waals surface area (Å²) in [5.74, 6) is 0. The van der Waals surface area contributed by atoms with Crippen molar-refractivity contribution in [1.82, 2.24) is 4.90 Å². The number of nitrogens with zero attached hydrogens (tertiary/aromatic N) is 1. The van der Waals surface area contributed by atoms with Gasteiger partial charge in [-0.3, -0.25) is 0 Å². The molecule has 1 aliphatic carbocycles. The normalized spacial score (nSPS) is 26.4. The number of aliphatic hydroxyl groups excluding tert-OH is 1. The zero-order chi connectivity index (χ0) is 12.6. The maximum Gasteiger partial charge on any atom is 0.0679 e. The summed E-state index contributed by atoms with van der Waals surface area (Å²) in [6.07, 6.45) is 4.80. The number of aliphatic hydroxyl groups is 1. The van der Waals surface area contributed by atoms with Crippen LogP contribution in [0.3, 0.4) is 0 Å². The van der Waals surface area contributed by atoms with Gasteiger partial charge in [0.1, 0.15) is 0 Å². The summed E-state index contributed by atoms with van der Waals surface area (Å²) in [5, 5.41) is 9.55. The van der Waals surface area contributed by atoms with Crippen LogP contribution in [0.15, 0.2) is 24.3 Å². The van der Waals surface area contributed by atoms with Gasteiger partial charge in [0.05, 0.1) is 6.10 Å². The van der Waals surface area contributed by atoms with Crippen molar-refractivity contribution >= 4 is 0 Å². The zero-order valence-electron chi connectivity index (χ0n) is 11.2. The Balaban J connectivity index is 1.60. The summed E-state index contributed by atoms with van der Waals surface area (Å²) in [7, 11) is 0. The monoisotopic (exact) mass is 245 g/mol. The van der Waals surface area contributed by atoms with Gasteiger partial charge in [0, 0.05) is 13.1 Å². The topological polar surface area (TPSA) is 23.5 Å². The summed E-state index contributed by atoms with van der Waals surface area (Å²) in [4.78, 5) is 2.42. The fourth-order valence-corrected chi connectivity index (χ4v) is 3.13. The first-order chi connectivity index (χ1) is 8.68. The van der Waals surface area contributed by atoms with Crippen molar-refractivity contribution in [3.8, 4) is 0 Å². The number of likely N-dealkylation sites (tertiary alicyclic amines) is 1. The average Bonchev–Trinajstić information content (AvgIpc) is 3.05. The molecule has 1 aromatic carbocycles. The molecule has 1 atom stereocenters. The predicted molar refractivity (Wildman–Crippen MR) is 73.8 cm³/mol. The lowest BCUT2D eigenvalue weighted by molar-refractivity contribution is 0.175. The van der Waals surface area contributed by atoms with Crippen LogP contribution in [0.2, 0.25) is 0 Å². The van der Waals surface area contributed by atoms with Gasteiger partial charge in [0.15, 0.2) is 0 Å². The van der Waals surface area contributed by atoms with Crippen LogP contribution in [0.1, 0.15) is 36.8 Å². The van der Waals surface area contributed by atoms with Gasteiger partial charge in [-0.1, -0.05) is 29.8 Å². The van der Waals surface area contributed by atoms with Gasteiger partial charge in [-0.15, -0.1) is 0 Å². The van der Waals surface area contributed by atoms with E-state index in [-0.39, 0.29) is 6.10 Å². The number of rotatable bonds is 4. The van der Waals surface area contributed by atoms with Gasteiger partial charge in [-0.2, -0.15) is 0 Å². The predicted octanol–water partition coefficient (Wildman–Crippen LogP) is 2.48. The molecule has 98 valence electrons. The second kappa shape index (κ2) is 4.67. The highest BCUT2D eigenvalue weighted by molar-refractivity contribution is 5.33. The molecule has 2 nitrogen and oxygen atoms in total. The van der Waals surface area contributed by atoms with Gasteiger partial charge in [-0.25, -0.2) is 0 Å². The molecule has 1 saturated heterocycles. The quantitative estimate of drug-likeness (QED) is 0.881. The van der Waals surface area contributed by atoms with E-state index in [9.17, 15) is 5.11 Å². The molecule has 18 heavy (non-hydrogen) atoms. The fraction of sp³-hybridized carbons (Fsp3) is 0.625. The van der Waals surface area contributed by atoms with Crippen molar-refractivity contribution in [2.45, 2.75) is 44.1 Å². The molecule has 0 amide bonds. The van der Waals surface area contributed by atoms with E-state index in [1.54, 1.807) is 0 Å². The van der Waals surface area contributed by atoms with Crippen LogP contribution in [0.4, 0.5) is 0 Å². The summed E-state index contributed by atoms with van der Waals surface area (Å²) in [6, 6.07) is 9.08. The van der Waals surface area contributed by atoms with Crippen LogP contribution >= 0.6 is 0 Å². The smallest absolute Gasteiger partial charge is 0.0679 e. The molecule has 3 rings (SSSR count). The fourth-order valence-electron chi connectivity index (χ4n) is 3.13. The number of β-amino-alcohol motifs (C(OH)–C–C–N with tert-alkyl or cyclic N) is 1. The van der Waals surface area contributed by atoms with Gasteiger partial charge in [-0.05, 0) is 50.1 Å². The molecule has 0 aromatic heterocycles. The van der Waals surface area contributed by atoms with Crippen molar-refractivity contribution in [2.75, 3.05) is 19.6 Å². The molecule has 1 aromatic rings. The largest absolute Gasteiger partial charge is 0.392 e. The highest BCUT2D eigenvalue weighted by atomic mass is 16.3. The Morgan fingerprint density at radius 2 is 2.00 bits per heavy atom. The first kappa shape index (κ1) is 12.2. The molecule has 1 heterocycles. The Bertz CT molecular complexity index is 408. The van der Waals surface area contributed by atoms with Crippen LogP contribution in [-0.4, -0.2) is 35.7 Å². The molecule has 0 unspecified atom stereocenters. The van der Waals surface area contributed by atoms with E-state index in [4.69, 9.17) is 0 Å². The van der Waals surface area contributed by atoms with E-state index >= 15 is 0 Å². The standard InChI is InChI=1S/C16H23NO/c1-13-2-4-14(5-3-13)16(7-8-16)9-11-17-10-6-15(18)12-17/h2-5,15,18H,6-12H2,1H3/t15-/m0/s1. The van der Waals surface area contributed by atoms with E-state index in [1.165, 1.54) is 30.4 Å². The molecular formula is C16H23NO. The Morgan fingerprint density at radius 3 is 2.56 bits per heavy atom. The summed E-state index contributed by atoms with van der Waals surface area (Å²) < 4.78 is 0. The zero-order valence-corrected chi connectivity index (χ0v) is 11.2. The first-order valence-electron chi connectivity index (χ1n) is 7.16. The highest BCUT2D eigenvalue weighted by Gasteiger charge is 2.43. The van der Waals surface area contributed by atoms with Crippen molar-refractivity contribution in [3.05, 3.63) is 35.4 Å². The third kappa shape index (κ3) is 2.45. The van der Waals surface area contributed by atoms with E-state index in [2.05, 4.69) is 36.1 Å². The summed E-state index contributed by atoms with van der Waals surface area (Å²) in [6.45, 7) is 5.25. The second-order valence-corrected chi connectivity index (χ2v) is 6.14. The molecule has 2 fully saturated rings. The number of benzene rings is 1. The molecule has 0 bridgehead atoms. The van der Waals surface area contributed by atoms with Crippen LogP contribution in [-0.2, 0) is 5.41 Å². The third-order valence-electron chi connectivity index (χ3n) is 4.67. The second-order valence-electron chi connectivity index (χ2n) is 6.14. The van der Waals surface area contributed by atoms with Gasteiger partial charge in [0.2, 0.25) is 0 Å². The molecule has 1 aliphatic heterocycles. The molecule has 2 heteroatoms. The average molecular weight is 245 g/mol. The summed E-state index contributed by atoms with van der Waals surface area (Å²) in [5.41, 5.74) is 3.33. The van der Waals surface area contributed by atoms with Crippen LogP contribution < -0.4 is 0 Å². The summed E-state index contributed by atoms with van der Waals surface area (Å²) >= 11 is 0. The van der Waals surface area contributed by atoms with Crippen molar-refractivity contribution in [1.29, 1.82) is 0 Å². The Kier molecular flexibility index (Phi) is 3.16. The Hall–Kier alpha value is -0.860. The van der Waals surface area contributed by atoms with Crippen molar-refractivity contribution < 1.29 is 5.11 Å². The molecule has 2 aliphatic rings. The van der Waals surface area contributed by atoms with Crippen LogP contribution in [0, 0.1) is 6.92 Å². The van der Waals surface area contributed by atoms with E-state index in [1.807, 2.05) is 0 Å². The minimum Gasteiger partial charge on any atom is -0.392 e. The number of aryl methyl sites for hydroxylation is 1. The molecule has 1 saturated carbocycles. The maximum atomic E-state index is 9.55.